The number of nitrogens with one attached hydrogen (secondary N) is 2. The van der Waals surface area contributed by atoms with Crippen LogP contribution >= 0.6 is 11.5 Å². The molecule has 0 spiro atoms. The van der Waals surface area contributed by atoms with E-state index in [9.17, 15) is 14.3 Å². The van der Waals surface area contributed by atoms with Crippen LogP contribution in [0.4, 0.5) is 14.2 Å². The number of nitrogens with zero attached hydrogens (tertiary/aromatic N) is 1. The summed E-state index contributed by atoms with van der Waals surface area (Å²) in [5, 5.41) is 15.7. The first-order chi connectivity index (χ1) is 10.0. The van der Waals surface area contributed by atoms with Crippen molar-refractivity contribution in [2.45, 2.75) is 19.4 Å². The van der Waals surface area contributed by atoms with E-state index in [0.29, 0.717) is 11.4 Å². The van der Waals surface area contributed by atoms with Crippen LogP contribution in [0.1, 0.15) is 11.3 Å². The topological polar surface area (TPSA) is 74.2 Å². The van der Waals surface area contributed by atoms with Gasteiger partial charge in [-0.2, -0.15) is 4.37 Å². The van der Waals surface area contributed by atoms with Crippen LogP contribution in [0.5, 0.6) is 0 Å². The number of anilines is 1. The minimum absolute atomic E-state index is 0.112. The first-order valence-electron chi connectivity index (χ1n) is 6.43. The predicted molar refractivity (Wildman–Crippen MR) is 80.0 cm³/mol. The van der Waals surface area contributed by atoms with Crippen molar-refractivity contribution in [3.8, 4) is 0 Å². The predicted octanol–water partition coefficient (Wildman–Crippen LogP) is 2.32. The van der Waals surface area contributed by atoms with Gasteiger partial charge in [0, 0.05) is 13.0 Å². The maximum absolute atomic E-state index is 12.8. The Kier molecular flexibility index (Phi) is 5.24. The number of aliphatic hydroxyl groups excluding tert-OH is 1. The summed E-state index contributed by atoms with van der Waals surface area (Å²) in [6, 6.07) is 7.27. The monoisotopic (exact) mass is 309 g/mol. The number of aryl methyl sites for hydroxylation is 1. The Hall–Kier alpha value is -1.99. The van der Waals surface area contributed by atoms with Gasteiger partial charge in [-0.3, -0.25) is 5.32 Å². The lowest BCUT2D eigenvalue weighted by atomic mass is 10.1. The summed E-state index contributed by atoms with van der Waals surface area (Å²) in [4.78, 5) is 11.6. The van der Waals surface area contributed by atoms with E-state index in [1.165, 1.54) is 23.7 Å². The minimum Gasteiger partial charge on any atom is -0.391 e. The average molecular weight is 309 g/mol. The van der Waals surface area contributed by atoms with E-state index in [1.54, 1.807) is 18.2 Å². The van der Waals surface area contributed by atoms with Crippen molar-refractivity contribution < 1.29 is 14.3 Å². The number of aliphatic hydroxyl groups is 1. The van der Waals surface area contributed by atoms with Gasteiger partial charge in [0.15, 0.2) is 0 Å². The number of halogens is 1. The summed E-state index contributed by atoms with van der Waals surface area (Å²) in [6.07, 6.45) is -0.385. The number of amides is 2. The summed E-state index contributed by atoms with van der Waals surface area (Å²) in [5.41, 5.74) is 1.65. The van der Waals surface area contributed by atoms with Crippen molar-refractivity contribution in [3.05, 3.63) is 47.4 Å². The number of hydrogen-bond acceptors (Lipinski definition) is 4. The van der Waals surface area contributed by atoms with Crippen LogP contribution in [0.3, 0.4) is 0 Å². The van der Waals surface area contributed by atoms with Gasteiger partial charge < -0.3 is 10.4 Å². The normalized spacial score (nSPS) is 12.0. The van der Waals surface area contributed by atoms with E-state index in [1.807, 2.05) is 6.92 Å². The zero-order valence-electron chi connectivity index (χ0n) is 11.5. The molecule has 1 heterocycles. The molecule has 2 rings (SSSR count). The highest BCUT2D eigenvalue weighted by atomic mass is 32.1. The summed E-state index contributed by atoms with van der Waals surface area (Å²) in [7, 11) is 0. The first kappa shape index (κ1) is 15.4. The molecule has 0 fully saturated rings. The summed E-state index contributed by atoms with van der Waals surface area (Å²) in [6.45, 7) is 1.95. The molecule has 0 saturated carbocycles. The number of carbonyl (C=O) groups is 1. The summed E-state index contributed by atoms with van der Waals surface area (Å²) in [5.74, 6) is -0.314. The molecule has 0 aliphatic carbocycles. The Bertz CT molecular complexity index is 601. The second-order valence-electron chi connectivity index (χ2n) is 4.65. The highest BCUT2D eigenvalue weighted by Crippen LogP contribution is 2.14. The molecule has 5 nitrogen and oxygen atoms in total. The zero-order valence-corrected chi connectivity index (χ0v) is 12.3. The lowest BCUT2D eigenvalue weighted by Gasteiger charge is -2.12. The number of hydrogen-bond donors (Lipinski definition) is 3. The molecule has 112 valence electrons. The molecule has 0 radical (unpaired) electrons. The fourth-order valence-electron chi connectivity index (χ4n) is 1.75. The van der Waals surface area contributed by atoms with E-state index in [4.69, 9.17) is 0 Å². The molecule has 3 N–H and O–H groups in total. The van der Waals surface area contributed by atoms with Crippen LogP contribution in [0.15, 0.2) is 30.3 Å². The molecule has 1 unspecified atom stereocenters. The fraction of sp³-hybridized carbons (Fsp3) is 0.286. The fourth-order valence-corrected chi connectivity index (χ4v) is 2.41. The number of benzene rings is 1. The number of carbonyl (C=O) groups excluding carboxylic acids is 1. The Balaban J connectivity index is 1.74. The second kappa shape index (κ2) is 7.14. The van der Waals surface area contributed by atoms with Gasteiger partial charge in [0.2, 0.25) is 0 Å². The molecule has 2 aromatic rings. The third-order valence-corrected chi connectivity index (χ3v) is 3.54. The van der Waals surface area contributed by atoms with Crippen LogP contribution < -0.4 is 10.6 Å². The molecule has 21 heavy (non-hydrogen) atoms. The van der Waals surface area contributed by atoms with Gasteiger partial charge in [-0.1, -0.05) is 12.1 Å². The molecule has 1 atom stereocenters. The Labute approximate surface area is 126 Å². The van der Waals surface area contributed by atoms with Gasteiger partial charge in [-0.15, -0.1) is 0 Å². The standard InChI is InChI=1S/C14H16FN3O2S/c1-9-6-13(21-18-9)17-14(20)16-8-12(19)7-10-2-4-11(15)5-3-10/h2-6,12,19H,7-8H2,1H3,(H2,16,17,20). The Morgan fingerprint density at radius 3 is 2.76 bits per heavy atom. The van der Waals surface area contributed by atoms with Crippen LogP contribution in [0.25, 0.3) is 0 Å². The first-order valence-corrected chi connectivity index (χ1v) is 7.21. The van der Waals surface area contributed by atoms with Crippen LogP contribution in [0.2, 0.25) is 0 Å². The summed E-state index contributed by atoms with van der Waals surface area (Å²) < 4.78 is 16.8. The SMILES string of the molecule is Cc1cc(NC(=O)NCC(O)Cc2ccc(F)cc2)sn1. The number of aromatic nitrogens is 1. The van der Waals surface area contributed by atoms with Crippen LogP contribution in [-0.2, 0) is 6.42 Å². The zero-order chi connectivity index (χ0) is 15.2. The van der Waals surface area contributed by atoms with Gasteiger partial charge >= 0.3 is 6.03 Å². The van der Waals surface area contributed by atoms with Crippen molar-refractivity contribution in [2.24, 2.45) is 0 Å². The third kappa shape index (κ3) is 5.13. The number of urea groups is 1. The molecule has 1 aromatic carbocycles. The van der Waals surface area contributed by atoms with Crippen LogP contribution in [0, 0.1) is 12.7 Å². The number of rotatable bonds is 5. The van der Waals surface area contributed by atoms with Crippen molar-refractivity contribution in [3.63, 3.8) is 0 Å². The second-order valence-corrected chi connectivity index (χ2v) is 5.46. The van der Waals surface area contributed by atoms with E-state index in [0.717, 1.165) is 11.3 Å². The van der Waals surface area contributed by atoms with Crippen molar-refractivity contribution in [1.82, 2.24) is 9.69 Å². The van der Waals surface area contributed by atoms with E-state index in [-0.39, 0.29) is 12.4 Å². The Morgan fingerprint density at radius 1 is 1.43 bits per heavy atom. The maximum atomic E-state index is 12.8. The van der Waals surface area contributed by atoms with E-state index >= 15 is 0 Å². The molecular weight excluding hydrogens is 293 g/mol. The Morgan fingerprint density at radius 2 is 2.14 bits per heavy atom. The van der Waals surface area contributed by atoms with Crippen molar-refractivity contribution in [2.75, 3.05) is 11.9 Å². The van der Waals surface area contributed by atoms with Gasteiger partial charge in [0.1, 0.15) is 10.8 Å². The lowest BCUT2D eigenvalue weighted by Crippen LogP contribution is -2.35. The lowest BCUT2D eigenvalue weighted by molar-refractivity contribution is 0.172. The molecule has 0 aliphatic rings. The molecule has 1 aromatic heterocycles. The molecule has 0 aliphatic heterocycles. The molecule has 7 heteroatoms. The van der Waals surface area contributed by atoms with Gasteiger partial charge in [0.05, 0.1) is 11.8 Å². The van der Waals surface area contributed by atoms with Gasteiger partial charge in [-0.05, 0) is 42.2 Å². The van der Waals surface area contributed by atoms with Crippen molar-refractivity contribution >= 4 is 22.6 Å². The average Bonchev–Trinajstić information content (AvgIpc) is 2.84. The van der Waals surface area contributed by atoms with Gasteiger partial charge in [-0.25, -0.2) is 9.18 Å². The van der Waals surface area contributed by atoms with E-state index < -0.39 is 12.1 Å². The third-order valence-electron chi connectivity index (χ3n) is 2.75. The molecular formula is C14H16FN3O2S. The van der Waals surface area contributed by atoms with Gasteiger partial charge in [0.25, 0.3) is 0 Å². The summed E-state index contributed by atoms with van der Waals surface area (Å²) >= 11 is 1.20. The molecule has 2 amide bonds. The molecule has 0 saturated heterocycles. The van der Waals surface area contributed by atoms with Crippen molar-refractivity contribution in [1.29, 1.82) is 0 Å². The molecule has 0 bridgehead atoms. The largest absolute Gasteiger partial charge is 0.391 e. The smallest absolute Gasteiger partial charge is 0.319 e. The highest BCUT2D eigenvalue weighted by molar-refractivity contribution is 7.10. The van der Waals surface area contributed by atoms with E-state index in [2.05, 4.69) is 15.0 Å². The highest BCUT2D eigenvalue weighted by Gasteiger charge is 2.09. The minimum atomic E-state index is -0.732. The van der Waals surface area contributed by atoms with Crippen LogP contribution in [-0.4, -0.2) is 28.2 Å². The quantitative estimate of drug-likeness (QED) is 0.793. The maximum Gasteiger partial charge on any atom is 0.319 e.